The second kappa shape index (κ2) is 15.1. The minimum absolute atomic E-state index is 0.0211. The zero-order valence-electron chi connectivity index (χ0n) is 21.0. The topological polar surface area (TPSA) is 102 Å². The van der Waals surface area contributed by atoms with Crippen LogP contribution in [0, 0.1) is 11.8 Å². The number of carbonyl (C=O) groups is 3. The molecule has 7 nitrogen and oxygen atoms in total. The highest BCUT2D eigenvalue weighted by Gasteiger charge is 2.26. The number of nitrogens with zero attached hydrogens (tertiary/aromatic N) is 1. The molecular formula is C24H47N3O4. The summed E-state index contributed by atoms with van der Waals surface area (Å²) in [5.41, 5.74) is 5.11. The Bertz CT molecular complexity index is 543. The predicted octanol–water partition coefficient (Wildman–Crippen LogP) is 4.63. The molecule has 0 aromatic rings. The van der Waals surface area contributed by atoms with Gasteiger partial charge in [-0.25, -0.2) is 4.79 Å². The molecule has 1 unspecified atom stereocenters. The maximum absolute atomic E-state index is 12.3. The number of rotatable bonds is 15. The van der Waals surface area contributed by atoms with E-state index in [0.717, 1.165) is 44.9 Å². The zero-order chi connectivity index (χ0) is 24.0. The molecular weight excluding hydrogens is 394 g/mol. The Balaban J connectivity index is 3.95. The second-order valence-electron chi connectivity index (χ2n) is 10.2. The monoisotopic (exact) mass is 441 g/mol. The van der Waals surface area contributed by atoms with E-state index in [9.17, 15) is 14.4 Å². The normalized spacial score (nSPS) is 13.5. The summed E-state index contributed by atoms with van der Waals surface area (Å²) in [5.74, 6) is 0.150. The third-order valence-electron chi connectivity index (χ3n) is 5.19. The summed E-state index contributed by atoms with van der Waals surface area (Å²) < 4.78 is 5.21. The first-order valence-electron chi connectivity index (χ1n) is 11.8. The van der Waals surface area contributed by atoms with Crippen LogP contribution in [-0.4, -0.2) is 48.0 Å². The van der Waals surface area contributed by atoms with Gasteiger partial charge in [0.1, 0.15) is 11.6 Å². The van der Waals surface area contributed by atoms with Gasteiger partial charge in [-0.05, 0) is 45.4 Å². The number of unbranched alkanes of at least 4 members (excludes halogenated alkanes) is 5. The highest BCUT2D eigenvalue weighted by atomic mass is 16.6. The van der Waals surface area contributed by atoms with Gasteiger partial charge >= 0.3 is 6.09 Å². The summed E-state index contributed by atoms with van der Waals surface area (Å²) in [5, 5.41) is 2.78. The van der Waals surface area contributed by atoms with Gasteiger partial charge in [-0.3, -0.25) is 9.59 Å². The van der Waals surface area contributed by atoms with E-state index < -0.39 is 17.6 Å². The zero-order valence-corrected chi connectivity index (χ0v) is 21.0. The average Bonchev–Trinajstić information content (AvgIpc) is 2.61. The van der Waals surface area contributed by atoms with Gasteiger partial charge in [0, 0.05) is 20.0 Å². The van der Waals surface area contributed by atoms with E-state index in [1.54, 1.807) is 7.05 Å². The number of hydrogen-bond donors (Lipinski definition) is 2. The Kier molecular flexibility index (Phi) is 14.2. The number of hydrogen-bond acceptors (Lipinski definition) is 4. The van der Waals surface area contributed by atoms with Crippen molar-refractivity contribution in [2.45, 2.75) is 111 Å². The first kappa shape index (κ1) is 29.2. The molecule has 0 aliphatic rings. The van der Waals surface area contributed by atoms with Crippen LogP contribution in [0.4, 0.5) is 4.79 Å². The Hall–Kier alpha value is -1.79. The van der Waals surface area contributed by atoms with Crippen molar-refractivity contribution in [1.29, 1.82) is 0 Å². The number of amides is 3. The Labute approximate surface area is 189 Å². The van der Waals surface area contributed by atoms with Crippen molar-refractivity contribution >= 4 is 17.9 Å². The summed E-state index contributed by atoms with van der Waals surface area (Å²) in [4.78, 5) is 37.2. The minimum atomic E-state index is -0.529. The molecule has 0 radical (unpaired) electrons. The smallest absolute Gasteiger partial charge is 0.407 e. The summed E-state index contributed by atoms with van der Waals surface area (Å²) in [6.45, 7) is 12.3. The van der Waals surface area contributed by atoms with E-state index in [2.05, 4.69) is 12.2 Å². The van der Waals surface area contributed by atoms with Gasteiger partial charge in [-0.2, -0.15) is 0 Å². The van der Waals surface area contributed by atoms with Crippen LogP contribution >= 0.6 is 0 Å². The Morgan fingerprint density at radius 3 is 2.03 bits per heavy atom. The van der Waals surface area contributed by atoms with Crippen LogP contribution < -0.4 is 11.1 Å². The second-order valence-corrected chi connectivity index (χ2v) is 10.2. The number of ether oxygens (including phenoxy) is 1. The number of nitrogens with two attached hydrogens (primary N) is 1. The molecule has 0 fully saturated rings. The molecule has 182 valence electrons. The highest BCUT2D eigenvalue weighted by Crippen LogP contribution is 2.19. The molecule has 0 saturated heterocycles. The van der Waals surface area contributed by atoms with E-state index in [4.69, 9.17) is 10.5 Å². The molecule has 0 rings (SSSR count). The molecule has 0 aromatic heterocycles. The highest BCUT2D eigenvalue weighted by molar-refractivity contribution is 5.86. The fraction of sp³-hybridized carbons (Fsp3) is 0.875. The van der Waals surface area contributed by atoms with E-state index in [1.807, 2.05) is 34.6 Å². The maximum atomic E-state index is 12.3. The number of alkyl carbamates (subject to hydrolysis) is 1. The SMILES string of the molecule is CC(C)CC(=O)N(C)C(C[C@H](C)CCCCCCCCNC(=O)OC(C)(C)C)C(N)=O. The number of likely N-dealkylation sites (N-methyl/N-ethyl adjacent to an activating group) is 1. The van der Waals surface area contributed by atoms with Gasteiger partial charge in [0.05, 0.1) is 0 Å². The summed E-state index contributed by atoms with van der Waals surface area (Å²) in [6, 6.07) is -0.529. The molecule has 7 heteroatoms. The predicted molar refractivity (Wildman–Crippen MR) is 126 cm³/mol. The Morgan fingerprint density at radius 1 is 0.968 bits per heavy atom. The van der Waals surface area contributed by atoms with Crippen molar-refractivity contribution in [3.8, 4) is 0 Å². The van der Waals surface area contributed by atoms with Crippen molar-refractivity contribution in [3.05, 3.63) is 0 Å². The molecule has 0 saturated carbocycles. The van der Waals surface area contributed by atoms with Crippen molar-refractivity contribution in [2.75, 3.05) is 13.6 Å². The van der Waals surface area contributed by atoms with Gasteiger partial charge < -0.3 is 20.7 Å². The summed E-state index contributed by atoms with van der Waals surface area (Å²) in [6.07, 6.45) is 8.30. The molecule has 3 amide bonds. The van der Waals surface area contributed by atoms with Crippen LogP contribution in [0.5, 0.6) is 0 Å². The first-order valence-corrected chi connectivity index (χ1v) is 11.8. The van der Waals surface area contributed by atoms with E-state index in [0.29, 0.717) is 25.3 Å². The van der Waals surface area contributed by atoms with E-state index >= 15 is 0 Å². The molecule has 0 heterocycles. The van der Waals surface area contributed by atoms with Gasteiger partial charge in [0.15, 0.2) is 0 Å². The maximum Gasteiger partial charge on any atom is 0.407 e. The van der Waals surface area contributed by atoms with E-state index in [-0.39, 0.29) is 17.9 Å². The summed E-state index contributed by atoms with van der Waals surface area (Å²) >= 11 is 0. The number of primary amides is 1. The van der Waals surface area contributed by atoms with Gasteiger partial charge in [-0.15, -0.1) is 0 Å². The van der Waals surface area contributed by atoms with Crippen molar-refractivity contribution in [3.63, 3.8) is 0 Å². The van der Waals surface area contributed by atoms with Gasteiger partial charge in [0.25, 0.3) is 0 Å². The minimum Gasteiger partial charge on any atom is -0.444 e. The van der Waals surface area contributed by atoms with Crippen LogP contribution in [0.15, 0.2) is 0 Å². The molecule has 0 aliphatic carbocycles. The molecule has 0 aliphatic heterocycles. The molecule has 31 heavy (non-hydrogen) atoms. The Morgan fingerprint density at radius 2 is 1.52 bits per heavy atom. The molecule has 3 N–H and O–H groups in total. The summed E-state index contributed by atoms with van der Waals surface area (Å²) in [7, 11) is 1.69. The van der Waals surface area contributed by atoms with Crippen LogP contribution in [0.25, 0.3) is 0 Å². The first-order chi connectivity index (χ1) is 14.3. The molecule has 0 spiro atoms. The number of nitrogens with one attached hydrogen (secondary N) is 1. The molecule has 0 aromatic carbocycles. The fourth-order valence-corrected chi connectivity index (χ4v) is 3.46. The van der Waals surface area contributed by atoms with Crippen LogP contribution in [0.3, 0.4) is 0 Å². The van der Waals surface area contributed by atoms with Crippen LogP contribution in [0.2, 0.25) is 0 Å². The lowest BCUT2D eigenvalue weighted by atomic mass is 9.94. The lowest BCUT2D eigenvalue weighted by Gasteiger charge is -2.28. The van der Waals surface area contributed by atoms with Crippen LogP contribution in [0.1, 0.15) is 99.3 Å². The van der Waals surface area contributed by atoms with Crippen molar-refractivity contribution in [2.24, 2.45) is 17.6 Å². The largest absolute Gasteiger partial charge is 0.444 e. The lowest BCUT2D eigenvalue weighted by molar-refractivity contribution is -0.138. The molecule has 2 atom stereocenters. The van der Waals surface area contributed by atoms with E-state index in [1.165, 1.54) is 4.90 Å². The van der Waals surface area contributed by atoms with Crippen LogP contribution in [-0.2, 0) is 14.3 Å². The fourth-order valence-electron chi connectivity index (χ4n) is 3.46. The quantitative estimate of drug-likeness (QED) is 0.362. The average molecular weight is 442 g/mol. The third kappa shape index (κ3) is 15.6. The molecule has 0 bridgehead atoms. The number of carbonyl (C=O) groups excluding carboxylic acids is 3. The lowest BCUT2D eigenvalue weighted by Crippen LogP contribution is -2.46. The third-order valence-corrected chi connectivity index (χ3v) is 5.19. The van der Waals surface area contributed by atoms with Crippen molar-refractivity contribution in [1.82, 2.24) is 10.2 Å². The standard InChI is InChI=1S/C24H47N3O4/c1-18(2)16-21(28)27(7)20(22(25)29)17-19(3)14-12-10-8-9-11-13-15-26-23(30)31-24(4,5)6/h18-20H,8-17H2,1-7H3,(H2,25,29)(H,26,30)/t19-,20?/m1/s1. The van der Waals surface area contributed by atoms with Gasteiger partial charge in [0.2, 0.25) is 11.8 Å². The van der Waals surface area contributed by atoms with Gasteiger partial charge in [-0.1, -0.05) is 59.3 Å². The van der Waals surface area contributed by atoms with Crippen molar-refractivity contribution < 1.29 is 19.1 Å².